The second-order valence-corrected chi connectivity index (χ2v) is 14.1. The van der Waals surface area contributed by atoms with Gasteiger partial charge >= 0.3 is 0 Å². The highest BCUT2D eigenvalue weighted by molar-refractivity contribution is 7.27. The van der Waals surface area contributed by atoms with E-state index in [-0.39, 0.29) is 0 Å². The number of thiophene rings is 1. The highest BCUT2D eigenvalue weighted by atomic mass is 32.1. The van der Waals surface area contributed by atoms with E-state index in [0.717, 1.165) is 16.7 Å². The summed E-state index contributed by atoms with van der Waals surface area (Å²) in [5.41, 5.74) is 10.7. The Hall–Kier alpha value is -5.70. The van der Waals surface area contributed by atoms with Gasteiger partial charge in [0.2, 0.25) is 0 Å². The van der Waals surface area contributed by atoms with Crippen LogP contribution in [0.5, 0.6) is 0 Å². The molecule has 0 aliphatic carbocycles. The van der Waals surface area contributed by atoms with Crippen LogP contribution in [0.2, 0.25) is 0 Å². The Morgan fingerprint density at radius 2 is 1.14 bits per heavy atom. The van der Waals surface area contributed by atoms with Gasteiger partial charge in [0.15, 0.2) is 0 Å². The first-order valence-corrected chi connectivity index (χ1v) is 18.5. The lowest BCUT2D eigenvalue weighted by Crippen LogP contribution is -2.27. The van der Waals surface area contributed by atoms with Crippen molar-refractivity contribution in [3.8, 4) is 33.4 Å². The number of furan rings is 1. The Kier molecular flexibility index (Phi) is 8.63. The number of fused-ring (bicyclic) bond motifs is 8. The normalized spacial score (nSPS) is 12.6. The van der Waals surface area contributed by atoms with E-state index in [4.69, 9.17) is 4.42 Å². The van der Waals surface area contributed by atoms with Crippen LogP contribution in [0.3, 0.4) is 0 Å². The molecule has 0 radical (unpaired) electrons. The van der Waals surface area contributed by atoms with Crippen LogP contribution in [-0.4, -0.2) is 0 Å². The first kappa shape index (κ1) is 32.5. The summed E-state index contributed by atoms with van der Waals surface area (Å²) in [6.07, 6.45) is 8.67. The molecule has 2 heterocycles. The molecule has 248 valence electrons. The lowest BCUT2D eigenvalue weighted by molar-refractivity contribution is 0.604. The summed E-state index contributed by atoms with van der Waals surface area (Å²) in [7, 11) is 0. The van der Waals surface area contributed by atoms with Gasteiger partial charge in [-0.25, -0.2) is 0 Å². The van der Waals surface area contributed by atoms with Crippen LogP contribution in [0.15, 0.2) is 138 Å². The van der Waals surface area contributed by atoms with Crippen LogP contribution in [0.25, 0.3) is 93.5 Å². The predicted molar refractivity (Wildman–Crippen MR) is 224 cm³/mol. The SMILES string of the molecule is CC=c1c(-c2ccc3sc4c5c(C)c(/C=C\C)oc5c5ccccc5c4c3c2)ccccccc(-c2cccc(-c3ccccc3C)c2)/c1=C/C. The monoisotopic (exact) mass is 676 g/mol. The summed E-state index contributed by atoms with van der Waals surface area (Å²) in [5, 5.41) is 8.60. The molecule has 0 N–H and O–H groups in total. The molecule has 51 heavy (non-hydrogen) atoms. The molecule has 2 aromatic heterocycles. The zero-order chi connectivity index (χ0) is 35.1. The summed E-state index contributed by atoms with van der Waals surface area (Å²) in [5.74, 6) is 0.931. The Labute approximate surface area is 303 Å². The van der Waals surface area contributed by atoms with E-state index in [1.807, 2.05) is 18.3 Å². The van der Waals surface area contributed by atoms with Gasteiger partial charge in [-0.1, -0.05) is 127 Å². The van der Waals surface area contributed by atoms with Crippen molar-refractivity contribution in [2.75, 3.05) is 0 Å². The van der Waals surface area contributed by atoms with Crippen molar-refractivity contribution < 1.29 is 4.42 Å². The maximum Gasteiger partial charge on any atom is 0.144 e. The Bertz CT molecular complexity index is 2860. The van der Waals surface area contributed by atoms with Gasteiger partial charge in [0, 0.05) is 36.5 Å². The van der Waals surface area contributed by atoms with Gasteiger partial charge in [-0.05, 0) is 114 Å². The van der Waals surface area contributed by atoms with Gasteiger partial charge in [-0.15, -0.1) is 11.3 Å². The van der Waals surface area contributed by atoms with Gasteiger partial charge < -0.3 is 4.42 Å². The second kappa shape index (κ2) is 13.5. The van der Waals surface area contributed by atoms with Gasteiger partial charge in [-0.3, -0.25) is 0 Å². The molecule has 6 aromatic carbocycles. The third-order valence-corrected chi connectivity index (χ3v) is 11.3. The van der Waals surface area contributed by atoms with Crippen molar-refractivity contribution in [3.63, 3.8) is 0 Å². The summed E-state index contributed by atoms with van der Waals surface area (Å²) in [6.45, 7) is 10.7. The molecule has 2 heteroatoms. The van der Waals surface area contributed by atoms with Gasteiger partial charge in [0.25, 0.3) is 0 Å². The van der Waals surface area contributed by atoms with Crippen molar-refractivity contribution >= 4 is 71.5 Å². The van der Waals surface area contributed by atoms with Crippen molar-refractivity contribution in [1.29, 1.82) is 0 Å². The van der Waals surface area contributed by atoms with Crippen LogP contribution < -0.4 is 10.4 Å². The molecule has 0 aliphatic rings. The molecule has 0 spiro atoms. The van der Waals surface area contributed by atoms with Gasteiger partial charge in [0.05, 0.1) is 0 Å². The topological polar surface area (TPSA) is 13.1 Å². The third-order valence-electron chi connectivity index (χ3n) is 10.1. The van der Waals surface area contributed by atoms with Crippen molar-refractivity contribution in [2.24, 2.45) is 0 Å². The number of hydrogen-bond donors (Lipinski definition) is 0. The number of rotatable bonds is 4. The van der Waals surface area contributed by atoms with E-state index >= 15 is 0 Å². The molecule has 0 saturated carbocycles. The fraction of sp³-hybridized carbons (Fsp3) is 0.102. The average Bonchev–Trinajstić information content (AvgIpc) is 3.70. The largest absolute Gasteiger partial charge is 0.456 e. The molecule has 8 aromatic rings. The van der Waals surface area contributed by atoms with E-state index in [2.05, 4.69) is 179 Å². The molecule has 0 atom stereocenters. The molecule has 0 aliphatic heterocycles. The average molecular weight is 677 g/mol. The van der Waals surface area contributed by atoms with Crippen molar-refractivity contribution in [2.45, 2.75) is 34.6 Å². The minimum absolute atomic E-state index is 0.931. The molecular formula is C49H40OS. The molecule has 0 saturated heterocycles. The van der Waals surface area contributed by atoms with E-state index in [1.165, 1.54) is 85.9 Å². The van der Waals surface area contributed by atoms with Crippen LogP contribution in [0, 0.1) is 13.8 Å². The minimum atomic E-state index is 0.931. The zero-order valence-corrected chi connectivity index (χ0v) is 30.6. The predicted octanol–water partition coefficient (Wildman–Crippen LogP) is 13.3. The summed E-state index contributed by atoms with van der Waals surface area (Å²) in [6, 6.07) is 46.4. The zero-order valence-electron chi connectivity index (χ0n) is 29.8. The van der Waals surface area contributed by atoms with Crippen LogP contribution in [-0.2, 0) is 0 Å². The van der Waals surface area contributed by atoms with Crippen LogP contribution in [0.1, 0.15) is 37.7 Å². The third kappa shape index (κ3) is 5.57. The second-order valence-electron chi connectivity index (χ2n) is 13.1. The summed E-state index contributed by atoms with van der Waals surface area (Å²) < 4.78 is 9.11. The molecule has 0 unspecified atom stereocenters. The first-order chi connectivity index (χ1) is 25.0. The molecule has 8 rings (SSSR count). The number of allylic oxidation sites excluding steroid dienone is 1. The standard InChI is InChI=1S/C49H40OS/c1-6-18-44-32(5)46-48(50-44)42-26-16-15-25-41(42)47-43-30-35(27-28-45(43)51-49(46)47)40-24-12-10-9-11-23-39(36(7-2)37(40)8-3)34-21-17-20-33(29-34)38-22-14-13-19-31(38)4/h6-30H,1-5H3/b11-9?,12-10?,18-6-,36-7+,37-8?,39-23?,40-24?. The minimum Gasteiger partial charge on any atom is -0.456 e. The maximum absolute atomic E-state index is 6.54. The molecule has 0 bridgehead atoms. The van der Waals surface area contributed by atoms with Crippen molar-refractivity contribution in [1.82, 2.24) is 0 Å². The summed E-state index contributed by atoms with van der Waals surface area (Å²) in [4.78, 5) is 0. The number of hydrogen-bond acceptors (Lipinski definition) is 2. The molecule has 0 amide bonds. The van der Waals surface area contributed by atoms with E-state index in [1.54, 1.807) is 0 Å². The molecular weight excluding hydrogens is 637 g/mol. The quantitative estimate of drug-likeness (QED) is 0.181. The Morgan fingerprint density at radius 1 is 0.529 bits per heavy atom. The summed E-state index contributed by atoms with van der Waals surface area (Å²) >= 11 is 1.87. The van der Waals surface area contributed by atoms with Gasteiger partial charge in [0.1, 0.15) is 11.3 Å². The van der Waals surface area contributed by atoms with E-state index < -0.39 is 0 Å². The lowest BCUT2D eigenvalue weighted by atomic mass is 9.94. The lowest BCUT2D eigenvalue weighted by Gasteiger charge is -2.10. The van der Waals surface area contributed by atoms with Crippen LogP contribution >= 0.6 is 11.3 Å². The number of benzene rings is 5. The fourth-order valence-electron chi connectivity index (χ4n) is 7.69. The highest BCUT2D eigenvalue weighted by Crippen LogP contribution is 2.47. The van der Waals surface area contributed by atoms with Gasteiger partial charge in [-0.2, -0.15) is 0 Å². The number of aryl methyl sites for hydroxylation is 2. The Morgan fingerprint density at radius 3 is 1.82 bits per heavy atom. The molecule has 0 fully saturated rings. The van der Waals surface area contributed by atoms with E-state index in [9.17, 15) is 0 Å². The van der Waals surface area contributed by atoms with Crippen LogP contribution in [0.4, 0.5) is 0 Å². The Balaban J connectivity index is 1.42. The smallest absolute Gasteiger partial charge is 0.144 e. The fourth-order valence-corrected chi connectivity index (χ4v) is 8.99. The highest BCUT2D eigenvalue weighted by Gasteiger charge is 2.20. The van der Waals surface area contributed by atoms with E-state index in [0.29, 0.717) is 0 Å². The van der Waals surface area contributed by atoms with Crippen molar-refractivity contribution in [3.05, 3.63) is 161 Å². The first-order valence-electron chi connectivity index (χ1n) is 17.7. The molecule has 1 nitrogen and oxygen atoms in total. The maximum atomic E-state index is 6.54.